The molecule has 0 aliphatic carbocycles. The van der Waals surface area contributed by atoms with Crippen molar-refractivity contribution in [2.45, 2.75) is 0 Å². The van der Waals surface area contributed by atoms with E-state index in [1.54, 1.807) is 0 Å². The third-order valence-electron chi connectivity index (χ3n) is 2.48. The molecule has 0 aliphatic rings. The van der Waals surface area contributed by atoms with Crippen LogP contribution in [0.1, 0.15) is 0 Å². The molecule has 0 atom stereocenters. The molecule has 0 fully saturated rings. The van der Waals surface area contributed by atoms with Crippen LogP contribution in [0.2, 0.25) is 5.02 Å². The predicted molar refractivity (Wildman–Crippen MR) is 79.5 cm³/mol. The largest absolute Gasteiger partial charge is 0.492 e. The summed E-state index contributed by atoms with van der Waals surface area (Å²) < 4.78 is 32.7. The molecule has 0 unspecified atom stereocenters. The highest BCUT2D eigenvalue weighted by molar-refractivity contribution is 9.10. The van der Waals surface area contributed by atoms with Crippen LogP contribution in [-0.2, 0) is 0 Å². The highest BCUT2D eigenvalue weighted by atomic mass is 79.9. The van der Waals surface area contributed by atoms with E-state index in [0.29, 0.717) is 18.9 Å². The predicted octanol–water partition coefficient (Wildman–Crippen LogP) is 4.87. The van der Waals surface area contributed by atoms with E-state index >= 15 is 0 Å². The molecule has 2 aromatic rings. The highest BCUT2D eigenvalue weighted by Gasteiger charge is 2.09. The first kappa shape index (κ1) is 15.1. The second-order valence-corrected chi connectivity index (χ2v) is 5.30. The van der Waals surface area contributed by atoms with Crippen LogP contribution in [0.5, 0.6) is 5.75 Å². The summed E-state index contributed by atoms with van der Waals surface area (Å²) in [6.45, 7) is 0.665. The Labute approximate surface area is 128 Å². The first-order chi connectivity index (χ1) is 9.56. The van der Waals surface area contributed by atoms with Crippen molar-refractivity contribution < 1.29 is 13.5 Å². The summed E-state index contributed by atoms with van der Waals surface area (Å²) >= 11 is 9.10. The van der Waals surface area contributed by atoms with Gasteiger partial charge in [-0.15, -0.1) is 0 Å². The van der Waals surface area contributed by atoms with Crippen molar-refractivity contribution in [3.8, 4) is 5.75 Å². The van der Waals surface area contributed by atoms with Crippen LogP contribution in [-0.4, -0.2) is 13.2 Å². The van der Waals surface area contributed by atoms with Gasteiger partial charge in [-0.1, -0.05) is 33.6 Å². The Morgan fingerprint density at radius 1 is 1.20 bits per heavy atom. The minimum atomic E-state index is -0.725. The van der Waals surface area contributed by atoms with Crippen LogP contribution >= 0.6 is 27.5 Å². The standard InChI is InChI=1S/C14H11BrClF2NO/c15-9-2-1-3-11(6-9)20-5-4-19-14-12(16)7-10(17)8-13(14)18/h1-3,6-8,19H,4-5H2. The molecule has 0 amide bonds. The number of ether oxygens (including phenoxy) is 1. The molecule has 1 N–H and O–H groups in total. The molecular weight excluding hydrogens is 352 g/mol. The van der Waals surface area contributed by atoms with E-state index < -0.39 is 11.6 Å². The molecule has 106 valence electrons. The summed E-state index contributed by atoms with van der Waals surface area (Å²) in [6.07, 6.45) is 0. The summed E-state index contributed by atoms with van der Waals surface area (Å²) in [5, 5.41) is 2.79. The van der Waals surface area contributed by atoms with E-state index in [1.807, 2.05) is 24.3 Å². The summed E-state index contributed by atoms with van der Waals surface area (Å²) in [5.74, 6) is -0.729. The van der Waals surface area contributed by atoms with E-state index in [1.165, 1.54) is 0 Å². The number of halogens is 4. The molecule has 0 saturated heterocycles. The smallest absolute Gasteiger partial charge is 0.150 e. The van der Waals surface area contributed by atoms with E-state index in [9.17, 15) is 8.78 Å². The lowest BCUT2D eigenvalue weighted by Crippen LogP contribution is -2.12. The van der Waals surface area contributed by atoms with Crippen molar-refractivity contribution in [3.63, 3.8) is 0 Å². The number of anilines is 1. The first-order valence-corrected chi connectivity index (χ1v) is 7.00. The Hall–Kier alpha value is -1.33. The average molecular weight is 363 g/mol. The maximum atomic E-state index is 13.5. The van der Waals surface area contributed by atoms with Crippen molar-refractivity contribution in [2.24, 2.45) is 0 Å². The third-order valence-corrected chi connectivity index (χ3v) is 3.27. The van der Waals surface area contributed by atoms with Gasteiger partial charge in [-0.2, -0.15) is 0 Å². The van der Waals surface area contributed by atoms with Crippen LogP contribution in [0, 0.1) is 11.6 Å². The fraction of sp³-hybridized carbons (Fsp3) is 0.143. The van der Waals surface area contributed by atoms with Crippen molar-refractivity contribution in [1.82, 2.24) is 0 Å². The summed E-state index contributed by atoms with van der Waals surface area (Å²) in [5.41, 5.74) is 0.0749. The fourth-order valence-electron chi connectivity index (χ4n) is 1.61. The normalized spacial score (nSPS) is 10.4. The van der Waals surface area contributed by atoms with Crippen molar-refractivity contribution in [1.29, 1.82) is 0 Å². The Balaban J connectivity index is 1.88. The molecule has 0 saturated carbocycles. The van der Waals surface area contributed by atoms with Crippen LogP contribution in [0.25, 0.3) is 0 Å². The van der Waals surface area contributed by atoms with Gasteiger partial charge in [0, 0.05) is 17.1 Å². The van der Waals surface area contributed by atoms with Gasteiger partial charge in [0.2, 0.25) is 0 Å². The van der Waals surface area contributed by atoms with Crippen molar-refractivity contribution in [3.05, 3.63) is 57.5 Å². The second kappa shape index (κ2) is 6.90. The van der Waals surface area contributed by atoms with Crippen molar-refractivity contribution in [2.75, 3.05) is 18.5 Å². The van der Waals surface area contributed by atoms with Crippen LogP contribution in [0.3, 0.4) is 0 Å². The lowest BCUT2D eigenvalue weighted by molar-refractivity contribution is 0.332. The van der Waals surface area contributed by atoms with Crippen LogP contribution in [0.15, 0.2) is 40.9 Å². The SMILES string of the molecule is Fc1cc(F)c(NCCOc2cccc(Br)c2)c(Cl)c1. The van der Waals surface area contributed by atoms with Crippen LogP contribution < -0.4 is 10.1 Å². The number of nitrogens with one attached hydrogen (secondary N) is 1. The van der Waals surface area contributed by atoms with Gasteiger partial charge in [0.1, 0.15) is 18.2 Å². The van der Waals surface area contributed by atoms with Gasteiger partial charge in [-0.3, -0.25) is 0 Å². The minimum Gasteiger partial charge on any atom is -0.492 e. The molecule has 0 aliphatic heterocycles. The zero-order valence-electron chi connectivity index (χ0n) is 10.3. The van der Waals surface area contributed by atoms with E-state index in [0.717, 1.165) is 16.6 Å². The monoisotopic (exact) mass is 361 g/mol. The number of hydrogen-bond donors (Lipinski definition) is 1. The van der Waals surface area contributed by atoms with Gasteiger partial charge in [0.25, 0.3) is 0 Å². The Bertz CT molecular complexity index is 586. The molecule has 2 rings (SSSR count). The van der Waals surface area contributed by atoms with E-state index in [4.69, 9.17) is 16.3 Å². The van der Waals surface area contributed by atoms with Gasteiger partial charge in [-0.05, 0) is 24.3 Å². The first-order valence-electron chi connectivity index (χ1n) is 5.83. The van der Waals surface area contributed by atoms with Gasteiger partial charge < -0.3 is 10.1 Å². The minimum absolute atomic E-state index is 0.00459. The average Bonchev–Trinajstić information content (AvgIpc) is 2.36. The van der Waals surface area contributed by atoms with Gasteiger partial charge >= 0.3 is 0 Å². The molecule has 2 nitrogen and oxygen atoms in total. The molecule has 0 spiro atoms. The summed E-state index contributed by atoms with van der Waals surface area (Å²) in [7, 11) is 0. The summed E-state index contributed by atoms with van der Waals surface area (Å²) in [4.78, 5) is 0. The van der Waals surface area contributed by atoms with E-state index in [2.05, 4.69) is 21.2 Å². The van der Waals surface area contributed by atoms with Gasteiger partial charge in [-0.25, -0.2) is 8.78 Å². The maximum Gasteiger partial charge on any atom is 0.150 e. The molecule has 20 heavy (non-hydrogen) atoms. The van der Waals surface area contributed by atoms with E-state index in [-0.39, 0.29) is 10.7 Å². The molecule has 2 aromatic carbocycles. The highest BCUT2D eigenvalue weighted by Crippen LogP contribution is 2.26. The lowest BCUT2D eigenvalue weighted by Gasteiger charge is -2.11. The van der Waals surface area contributed by atoms with Gasteiger partial charge in [0.05, 0.1) is 10.7 Å². The topological polar surface area (TPSA) is 21.3 Å². The Kier molecular flexibility index (Phi) is 5.20. The summed E-state index contributed by atoms with van der Waals surface area (Å²) in [6, 6.07) is 9.22. The second-order valence-electron chi connectivity index (χ2n) is 3.98. The quantitative estimate of drug-likeness (QED) is 0.766. The number of rotatable bonds is 5. The van der Waals surface area contributed by atoms with Gasteiger partial charge in [0.15, 0.2) is 5.82 Å². The molecule has 0 bridgehead atoms. The molecular formula is C14H11BrClF2NO. The third kappa shape index (κ3) is 4.08. The number of benzene rings is 2. The lowest BCUT2D eigenvalue weighted by atomic mass is 10.3. The number of hydrogen-bond acceptors (Lipinski definition) is 2. The molecule has 0 aromatic heterocycles. The fourth-order valence-corrected chi connectivity index (χ4v) is 2.25. The Morgan fingerprint density at radius 2 is 2.00 bits per heavy atom. The molecule has 0 heterocycles. The van der Waals surface area contributed by atoms with Crippen molar-refractivity contribution >= 4 is 33.2 Å². The zero-order chi connectivity index (χ0) is 14.5. The maximum absolute atomic E-state index is 13.5. The molecule has 6 heteroatoms. The Morgan fingerprint density at radius 3 is 2.70 bits per heavy atom. The molecule has 0 radical (unpaired) electrons. The van der Waals surface area contributed by atoms with Crippen LogP contribution in [0.4, 0.5) is 14.5 Å². The zero-order valence-corrected chi connectivity index (χ0v) is 12.6.